The van der Waals surface area contributed by atoms with Crippen molar-refractivity contribution in [3.63, 3.8) is 0 Å². The van der Waals surface area contributed by atoms with Crippen LogP contribution in [0.2, 0.25) is 0 Å². The Hall–Kier alpha value is -2.82. The molecule has 0 radical (unpaired) electrons. The maximum absolute atomic E-state index is 10.5. The van der Waals surface area contributed by atoms with Gasteiger partial charge in [-0.05, 0) is 35.4 Å². The maximum atomic E-state index is 10.5. The number of nitrogens with two attached hydrogens (primary N) is 1. The van der Waals surface area contributed by atoms with Gasteiger partial charge in [-0.15, -0.1) is 0 Å². The van der Waals surface area contributed by atoms with E-state index in [4.69, 9.17) is 10.5 Å². The first-order chi connectivity index (χ1) is 10.3. The molecule has 0 saturated heterocycles. The van der Waals surface area contributed by atoms with Crippen LogP contribution in [-0.4, -0.2) is 23.0 Å². The molecule has 0 amide bonds. The molecular formula is C16H15N3O2. The first-order valence-corrected chi connectivity index (χ1v) is 6.61. The van der Waals surface area contributed by atoms with Crippen molar-refractivity contribution in [1.29, 1.82) is 0 Å². The molecule has 0 spiro atoms. The molecule has 0 bridgehead atoms. The summed E-state index contributed by atoms with van der Waals surface area (Å²) in [7, 11) is 0. The number of anilines is 1. The van der Waals surface area contributed by atoms with Crippen molar-refractivity contribution in [2.75, 3.05) is 12.3 Å². The lowest BCUT2D eigenvalue weighted by molar-refractivity contribution is -0.128. The number of hydrogen-bond donors (Lipinski definition) is 2. The zero-order valence-corrected chi connectivity index (χ0v) is 11.3. The highest BCUT2D eigenvalue weighted by molar-refractivity contribution is 5.75. The van der Waals surface area contributed by atoms with Gasteiger partial charge in [0.2, 0.25) is 0 Å². The third-order valence-electron chi connectivity index (χ3n) is 3.52. The Morgan fingerprint density at radius 2 is 1.95 bits per heavy atom. The number of hydrogen-bond acceptors (Lipinski definition) is 4. The molecule has 0 aliphatic rings. The van der Waals surface area contributed by atoms with Crippen LogP contribution in [0, 0.1) is 0 Å². The second kappa shape index (κ2) is 5.66. The Kier molecular flexibility index (Phi) is 3.55. The van der Waals surface area contributed by atoms with Crippen LogP contribution < -0.4 is 5.73 Å². The molecule has 1 atom stereocenters. The van der Waals surface area contributed by atoms with Crippen molar-refractivity contribution < 1.29 is 9.53 Å². The third kappa shape index (κ3) is 2.72. The quantitative estimate of drug-likeness (QED) is 0.556. The van der Waals surface area contributed by atoms with Crippen LogP contribution in [0.3, 0.4) is 0 Å². The van der Waals surface area contributed by atoms with E-state index >= 15 is 0 Å². The van der Waals surface area contributed by atoms with Crippen LogP contribution in [0.1, 0.15) is 17.0 Å². The van der Waals surface area contributed by atoms with Gasteiger partial charge in [0.05, 0.1) is 17.4 Å². The van der Waals surface area contributed by atoms with Gasteiger partial charge in [0, 0.05) is 11.6 Å². The average molecular weight is 281 g/mol. The average Bonchev–Trinajstić information content (AvgIpc) is 2.97. The highest BCUT2D eigenvalue weighted by Crippen LogP contribution is 2.27. The topological polar surface area (TPSA) is 81.0 Å². The number of nitrogen functional groups attached to an aromatic ring is 1. The van der Waals surface area contributed by atoms with Crippen molar-refractivity contribution in [2.24, 2.45) is 0 Å². The zero-order chi connectivity index (χ0) is 14.7. The van der Waals surface area contributed by atoms with Crippen LogP contribution >= 0.6 is 0 Å². The second-order valence-electron chi connectivity index (χ2n) is 4.83. The van der Waals surface area contributed by atoms with Gasteiger partial charge in [-0.3, -0.25) is 4.79 Å². The summed E-state index contributed by atoms with van der Waals surface area (Å²) < 4.78 is 4.99. The molecule has 5 heteroatoms. The molecule has 3 N–H and O–H groups in total. The fraction of sp³-hybridized carbons (Fsp3) is 0.125. The van der Waals surface area contributed by atoms with E-state index in [0.717, 1.165) is 22.2 Å². The van der Waals surface area contributed by atoms with E-state index in [1.165, 1.54) is 0 Å². The van der Waals surface area contributed by atoms with E-state index in [-0.39, 0.29) is 12.5 Å². The molecule has 1 unspecified atom stereocenters. The van der Waals surface area contributed by atoms with Crippen LogP contribution in [0.25, 0.3) is 11.0 Å². The number of carbonyl (C=O) groups excluding carboxylic acids is 1. The number of rotatable bonds is 5. The third-order valence-corrected chi connectivity index (χ3v) is 3.52. The van der Waals surface area contributed by atoms with Gasteiger partial charge in [0.15, 0.2) is 0 Å². The van der Waals surface area contributed by atoms with Gasteiger partial charge in [-0.25, -0.2) is 4.98 Å². The smallest absolute Gasteiger partial charge is 0.293 e. The number of aromatic amines is 1. The summed E-state index contributed by atoms with van der Waals surface area (Å²) in [4.78, 5) is 17.8. The summed E-state index contributed by atoms with van der Waals surface area (Å²) in [6.07, 6.45) is 1.66. The van der Waals surface area contributed by atoms with Gasteiger partial charge < -0.3 is 15.5 Å². The van der Waals surface area contributed by atoms with Gasteiger partial charge in [-0.1, -0.05) is 18.2 Å². The molecule has 1 aromatic heterocycles. The number of nitrogens with zero attached hydrogens (tertiary/aromatic N) is 1. The Balaban J connectivity index is 2.00. The van der Waals surface area contributed by atoms with Crippen LogP contribution in [0.15, 0.2) is 48.8 Å². The van der Waals surface area contributed by atoms with Crippen molar-refractivity contribution >= 4 is 23.2 Å². The number of benzene rings is 2. The van der Waals surface area contributed by atoms with E-state index in [2.05, 4.69) is 9.97 Å². The first kappa shape index (κ1) is 13.2. The number of nitrogens with one attached hydrogen (secondary N) is 1. The molecule has 0 aliphatic carbocycles. The molecule has 2 aromatic carbocycles. The second-order valence-corrected chi connectivity index (χ2v) is 4.83. The van der Waals surface area contributed by atoms with Crippen LogP contribution in [0.5, 0.6) is 0 Å². The number of carbonyl (C=O) groups is 1. The highest BCUT2D eigenvalue weighted by atomic mass is 16.5. The van der Waals surface area contributed by atoms with Gasteiger partial charge in [0.25, 0.3) is 6.47 Å². The molecular weight excluding hydrogens is 266 g/mol. The molecule has 21 heavy (non-hydrogen) atoms. The number of H-pyrrole nitrogens is 1. The molecule has 0 saturated carbocycles. The van der Waals surface area contributed by atoms with E-state index in [1.54, 1.807) is 6.33 Å². The molecule has 1 heterocycles. The number of aromatic nitrogens is 2. The minimum Gasteiger partial charge on any atom is -0.467 e. The minimum atomic E-state index is -0.0384. The number of fused-ring (bicyclic) bond motifs is 1. The molecule has 106 valence electrons. The standard InChI is InChI=1S/C16H15N3O2/c17-13-4-1-11(2-5-13)14(8-21-10-20)12-3-6-15-16(7-12)19-9-18-15/h1-7,9-10,14H,8,17H2,(H,18,19). The molecule has 0 fully saturated rings. The number of ether oxygens (including phenoxy) is 1. The van der Waals surface area contributed by atoms with Crippen molar-refractivity contribution in [2.45, 2.75) is 5.92 Å². The van der Waals surface area contributed by atoms with E-state index in [0.29, 0.717) is 12.2 Å². The SMILES string of the molecule is Nc1ccc(C(COC=O)c2ccc3nc[nH]c3c2)cc1. The van der Waals surface area contributed by atoms with Gasteiger partial charge in [0.1, 0.15) is 6.61 Å². The fourth-order valence-electron chi connectivity index (χ4n) is 2.42. The van der Waals surface area contributed by atoms with Gasteiger partial charge in [-0.2, -0.15) is 0 Å². The van der Waals surface area contributed by atoms with Gasteiger partial charge >= 0.3 is 0 Å². The minimum absolute atomic E-state index is 0.0384. The molecule has 3 rings (SSSR count). The Bertz CT molecular complexity index is 750. The molecule has 5 nitrogen and oxygen atoms in total. The Labute approximate surface area is 121 Å². The largest absolute Gasteiger partial charge is 0.467 e. The highest BCUT2D eigenvalue weighted by Gasteiger charge is 2.16. The lowest BCUT2D eigenvalue weighted by Crippen LogP contribution is -2.09. The summed E-state index contributed by atoms with van der Waals surface area (Å²) >= 11 is 0. The van der Waals surface area contributed by atoms with E-state index in [1.807, 2.05) is 42.5 Å². The summed E-state index contributed by atoms with van der Waals surface area (Å²) in [5, 5.41) is 0. The van der Waals surface area contributed by atoms with Crippen molar-refractivity contribution in [3.05, 3.63) is 59.9 Å². The molecule has 3 aromatic rings. The van der Waals surface area contributed by atoms with E-state index in [9.17, 15) is 4.79 Å². The Morgan fingerprint density at radius 3 is 2.71 bits per heavy atom. The predicted molar refractivity (Wildman–Crippen MR) is 80.8 cm³/mol. The Morgan fingerprint density at radius 1 is 1.19 bits per heavy atom. The lowest BCUT2D eigenvalue weighted by atomic mass is 9.91. The summed E-state index contributed by atoms with van der Waals surface area (Å²) in [6.45, 7) is 0.756. The lowest BCUT2D eigenvalue weighted by Gasteiger charge is -2.17. The molecule has 0 aliphatic heterocycles. The first-order valence-electron chi connectivity index (χ1n) is 6.61. The normalized spacial score (nSPS) is 12.2. The van der Waals surface area contributed by atoms with Crippen molar-refractivity contribution in [3.8, 4) is 0 Å². The zero-order valence-electron chi connectivity index (χ0n) is 11.3. The summed E-state index contributed by atoms with van der Waals surface area (Å²) in [6, 6.07) is 13.6. The maximum Gasteiger partial charge on any atom is 0.293 e. The summed E-state index contributed by atoms with van der Waals surface area (Å²) in [5.41, 5.74) is 10.4. The van der Waals surface area contributed by atoms with E-state index < -0.39 is 0 Å². The van der Waals surface area contributed by atoms with Crippen LogP contribution in [-0.2, 0) is 9.53 Å². The monoisotopic (exact) mass is 281 g/mol. The van der Waals surface area contributed by atoms with Crippen molar-refractivity contribution in [1.82, 2.24) is 9.97 Å². The predicted octanol–water partition coefficient (Wildman–Crippen LogP) is 2.45. The fourth-order valence-corrected chi connectivity index (χ4v) is 2.42. The van der Waals surface area contributed by atoms with Crippen LogP contribution in [0.4, 0.5) is 5.69 Å². The summed E-state index contributed by atoms with van der Waals surface area (Å²) in [5.74, 6) is -0.0384. The number of imidazole rings is 1.